The Morgan fingerprint density at radius 2 is 2.05 bits per heavy atom. The minimum atomic E-state index is 0.682. The Morgan fingerprint density at radius 1 is 1.24 bits per heavy atom. The SMILES string of the molecule is CCOc1ccc(Cn2cc(CNCCOC)nn2)cc1. The summed E-state index contributed by atoms with van der Waals surface area (Å²) in [4.78, 5) is 0. The summed E-state index contributed by atoms with van der Waals surface area (Å²) in [6, 6.07) is 8.04. The Bertz CT molecular complexity index is 525. The first-order chi connectivity index (χ1) is 10.3. The molecule has 6 nitrogen and oxygen atoms in total. The summed E-state index contributed by atoms with van der Waals surface area (Å²) in [5, 5.41) is 11.5. The topological polar surface area (TPSA) is 61.2 Å². The zero-order valence-corrected chi connectivity index (χ0v) is 12.6. The van der Waals surface area contributed by atoms with Crippen LogP contribution < -0.4 is 10.1 Å². The van der Waals surface area contributed by atoms with Crippen molar-refractivity contribution in [2.75, 3.05) is 26.9 Å². The molecule has 2 aromatic rings. The summed E-state index contributed by atoms with van der Waals surface area (Å²) in [5.41, 5.74) is 2.10. The molecule has 6 heteroatoms. The minimum Gasteiger partial charge on any atom is -0.494 e. The molecular weight excluding hydrogens is 268 g/mol. The number of nitrogens with zero attached hydrogens (tertiary/aromatic N) is 3. The molecule has 114 valence electrons. The van der Waals surface area contributed by atoms with E-state index in [0.29, 0.717) is 26.3 Å². The average molecular weight is 290 g/mol. The van der Waals surface area contributed by atoms with Gasteiger partial charge in [-0.25, -0.2) is 4.68 Å². The van der Waals surface area contributed by atoms with Gasteiger partial charge in [0.05, 0.1) is 31.6 Å². The van der Waals surface area contributed by atoms with Crippen LogP contribution >= 0.6 is 0 Å². The molecule has 0 saturated heterocycles. The van der Waals surface area contributed by atoms with Gasteiger partial charge in [0.15, 0.2) is 0 Å². The van der Waals surface area contributed by atoms with Crippen molar-refractivity contribution in [1.29, 1.82) is 0 Å². The van der Waals surface area contributed by atoms with E-state index in [9.17, 15) is 0 Å². The Kier molecular flexibility index (Phi) is 6.18. The summed E-state index contributed by atoms with van der Waals surface area (Å²) < 4.78 is 12.2. The Morgan fingerprint density at radius 3 is 2.76 bits per heavy atom. The fourth-order valence-corrected chi connectivity index (χ4v) is 1.93. The molecular formula is C15H22N4O2. The van der Waals surface area contributed by atoms with Gasteiger partial charge in [0.2, 0.25) is 0 Å². The van der Waals surface area contributed by atoms with Gasteiger partial charge in [0.25, 0.3) is 0 Å². The van der Waals surface area contributed by atoms with Crippen LogP contribution in [0.1, 0.15) is 18.2 Å². The quantitative estimate of drug-likeness (QED) is 0.709. The third-order valence-corrected chi connectivity index (χ3v) is 2.95. The lowest BCUT2D eigenvalue weighted by atomic mass is 10.2. The van der Waals surface area contributed by atoms with Gasteiger partial charge in [-0.3, -0.25) is 0 Å². The van der Waals surface area contributed by atoms with Gasteiger partial charge >= 0.3 is 0 Å². The van der Waals surface area contributed by atoms with Crippen molar-refractivity contribution in [3.05, 3.63) is 41.7 Å². The highest BCUT2D eigenvalue weighted by molar-refractivity contribution is 5.27. The van der Waals surface area contributed by atoms with Crippen molar-refractivity contribution in [2.24, 2.45) is 0 Å². The Labute approximate surface area is 125 Å². The maximum atomic E-state index is 5.43. The van der Waals surface area contributed by atoms with Crippen molar-refractivity contribution in [3.63, 3.8) is 0 Å². The van der Waals surface area contributed by atoms with Crippen LogP contribution in [0.2, 0.25) is 0 Å². The summed E-state index contributed by atoms with van der Waals surface area (Å²) in [6.07, 6.45) is 1.95. The third kappa shape index (κ3) is 5.17. The summed E-state index contributed by atoms with van der Waals surface area (Å²) in [7, 11) is 1.69. The van der Waals surface area contributed by atoms with Crippen LogP contribution in [-0.4, -0.2) is 41.9 Å². The van der Waals surface area contributed by atoms with Crippen molar-refractivity contribution in [3.8, 4) is 5.75 Å². The number of benzene rings is 1. The van der Waals surface area contributed by atoms with Crippen LogP contribution in [0.5, 0.6) is 5.75 Å². The second-order valence-corrected chi connectivity index (χ2v) is 4.65. The van der Waals surface area contributed by atoms with Gasteiger partial charge in [-0.1, -0.05) is 17.3 Å². The predicted octanol–water partition coefficient (Wildman–Crippen LogP) is 1.46. The van der Waals surface area contributed by atoms with Crippen molar-refractivity contribution >= 4 is 0 Å². The number of ether oxygens (including phenoxy) is 2. The molecule has 1 aromatic heterocycles. The van der Waals surface area contributed by atoms with E-state index in [1.54, 1.807) is 7.11 Å². The number of hydrogen-bond acceptors (Lipinski definition) is 5. The standard InChI is InChI=1S/C15H22N4O2/c1-3-21-15-6-4-13(5-7-15)11-19-12-14(17-18-19)10-16-8-9-20-2/h4-7,12,16H,3,8-11H2,1-2H3. The van der Waals surface area contributed by atoms with Crippen molar-refractivity contribution in [2.45, 2.75) is 20.0 Å². The monoisotopic (exact) mass is 290 g/mol. The molecule has 0 fully saturated rings. The van der Waals surface area contributed by atoms with Gasteiger partial charge in [-0.05, 0) is 24.6 Å². The van der Waals surface area contributed by atoms with E-state index in [0.717, 1.165) is 18.0 Å². The maximum Gasteiger partial charge on any atom is 0.119 e. The van der Waals surface area contributed by atoms with Gasteiger partial charge in [0, 0.05) is 20.2 Å². The molecule has 0 aliphatic heterocycles. The molecule has 0 aliphatic rings. The lowest BCUT2D eigenvalue weighted by Crippen LogP contribution is -2.18. The third-order valence-electron chi connectivity index (χ3n) is 2.95. The molecule has 0 aliphatic carbocycles. The van der Waals surface area contributed by atoms with E-state index in [1.807, 2.05) is 42.1 Å². The molecule has 1 N–H and O–H groups in total. The average Bonchev–Trinajstić information content (AvgIpc) is 2.94. The zero-order chi connectivity index (χ0) is 14.9. The predicted molar refractivity (Wildman–Crippen MR) is 80.3 cm³/mol. The highest BCUT2D eigenvalue weighted by Crippen LogP contribution is 2.12. The first-order valence-corrected chi connectivity index (χ1v) is 7.12. The molecule has 0 bridgehead atoms. The van der Waals surface area contributed by atoms with Crippen LogP contribution in [0.3, 0.4) is 0 Å². The van der Waals surface area contributed by atoms with Crippen LogP contribution in [0.25, 0.3) is 0 Å². The van der Waals surface area contributed by atoms with Crippen LogP contribution in [0, 0.1) is 0 Å². The van der Waals surface area contributed by atoms with Crippen molar-refractivity contribution < 1.29 is 9.47 Å². The fraction of sp³-hybridized carbons (Fsp3) is 0.467. The van der Waals surface area contributed by atoms with E-state index in [-0.39, 0.29) is 0 Å². The normalized spacial score (nSPS) is 10.8. The number of methoxy groups -OCH3 is 1. The Hall–Kier alpha value is -1.92. The first-order valence-electron chi connectivity index (χ1n) is 7.12. The summed E-state index contributed by atoms with van der Waals surface area (Å²) in [5.74, 6) is 0.892. The molecule has 21 heavy (non-hydrogen) atoms. The van der Waals surface area contributed by atoms with E-state index >= 15 is 0 Å². The van der Waals surface area contributed by atoms with Gasteiger partial charge in [-0.15, -0.1) is 5.10 Å². The van der Waals surface area contributed by atoms with Crippen molar-refractivity contribution in [1.82, 2.24) is 20.3 Å². The van der Waals surface area contributed by atoms with Crippen LogP contribution in [0.4, 0.5) is 0 Å². The zero-order valence-electron chi connectivity index (χ0n) is 12.6. The molecule has 0 unspecified atom stereocenters. The number of hydrogen-bond donors (Lipinski definition) is 1. The van der Waals surface area contributed by atoms with Gasteiger partial charge < -0.3 is 14.8 Å². The highest BCUT2D eigenvalue weighted by atomic mass is 16.5. The van der Waals surface area contributed by atoms with Crippen LogP contribution in [0.15, 0.2) is 30.5 Å². The molecule has 0 spiro atoms. The highest BCUT2D eigenvalue weighted by Gasteiger charge is 2.02. The molecule has 0 amide bonds. The van der Waals surface area contributed by atoms with Gasteiger partial charge in [-0.2, -0.15) is 0 Å². The van der Waals surface area contributed by atoms with E-state index in [1.165, 1.54) is 5.56 Å². The number of rotatable bonds is 9. The second-order valence-electron chi connectivity index (χ2n) is 4.65. The molecule has 2 rings (SSSR count). The van der Waals surface area contributed by atoms with E-state index < -0.39 is 0 Å². The minimum absolute atomic E-state index is 0.682. The molecule has 0 radical (unpaired) electrons. The molecule has 0 saturated carbocycles. The second kappa shape index (κ2) is 8.39. The molecule has 1 aromatic carbocycles. The largest absolute Gasteiger partial charge is 0.494 e. The van der Waals surface area contributed by atoms with Gasteiger partial charge in [0.1, 0.15) is 5.75 Å². The molecule has 1 heterocycles. The van der Waals surface area contributed by atoms with E-state index in [4.69, 9.17) is 9.47 Å². The lowest BCUT2D eigenvalue weighted by Gasteiger charge is -2.04. The number of nitrogens with one attached hydrogen (secondary N) is 1. The maximum absolute atomic E-state index is 5.43. The smallest absolute Gasteiger partial charge is 0.119 e. The van der Waals surface area contributed by atoms with Crippen LogP contribution in [-0.2, 0) is 17.8 Å². The first kappa shape index (κ1) is 15.5. The molecule has 0 atom stereocenters. The summed E-state index contributed by atoms with van der Waals surface area (Å²) >= 11 is 0. The Balaban J connectivity index is 1.84. The lowest BCUT2D eigenvalue weighted by molar-refractivity contribution is 0.199. The summed E-state index contributed by atoms with van der Waals surface area (Å²) in [6.45, 7) is 5.57. The number of aromatic nitrogens is 3. The fourth-order valence-electron chi connectivity index (χ4n) is 1.93. The van der Waals surface area contributed by atoms with E-state index in [2.05, 4.69) is 15.6 Å².